The molecule has 84 valence electrons. The summed E-state index contributed by atoms with van der Waals surface area (Å²) in [6, 6.07) is 0. The van der Waals surface area contributed by atoms with Gasteiger partial charge in [0.05, 0.1) is 5.92 Å². The van der Waals surface area contributed by atoms with Crippen LogP contribution in [0.1, 0.15) is 32.6 Å². The SMILES string of the molecule is CC1CCC(C(CN)C(F)(F)F)CC1. The van der Waals surface area contributed by atoms with E-state index in [0.29, 0.717) is 18.8 Å². The molecule has 0 radical (unpaired) electrons. The molecule has 14 heavy (non-hydrogen) atoms. The zero-order chi connectivity index (χ0) is 10.8. The molecule has 1 atom stereocenters. The van der Waals surface area contributed by atoms with Crippen LogP contribution >= 0.6 is 0 Å². The van der Waals surface area contributed by atoms with Crippen molar-refractivity contribution in [3.63, 3.8) is 0 Å². The molecule has 1 aliphatic rings. The molecular formula is C10H18F3N. The van der Waals surface area contributed by atoms with Gasteiger partial charge in [0.1, 0.15) is 0 Å². The molecular weight excluding hydrogens is 191 g/mol. The van der Waals surface area contributed by atoms with Gasteiger partial charge in [0.2, 0.25) is 0 Å². The van der Waals surface area contributed by atoms with Crippen LogP contribution in [0.3, 0.4) is 0 Å². The first-order chi connectivity index (χ1) is 6.45. The van der Waals surface area contributed by atoms with Gasteiger partial charge in [-0.1, -0.05) is 19.8 Å². The van der Waals surface area contributed by atoms with Crippen LogP contribution in [-0.4, -0.2) is 12.7 Å². The van der Waals surface area contributed by atoms with E-state index in [9.17, 15) is 13.2 Å². The molecule has 1 unspecified atom stereocenters. The molecule has 0 spiro atoms. The van der Waals surface area contributed by atoms with E-state index in [-0.39, 0.29) is 12.5 Å². The average Bonchev–Trinajstić information content (AvgIpc) is 2.07. The summed E-state index contributed by atoms with van der Waals surface area (Å²) >= 11 is 0. The summed E-state index contributed by atoms with van der Waals surface area (Å²) in [4.78, 5) is 0. The topological polar surface area (TPSA) is 26.0 Å². The van der Waals surface area contributed by atoms with Crippen molar-refractivity contribution < 1.29 is 13.2 Å². The molecule has 0 saturated heterocycles. The summed E-state index contributed by atoms with van der Waals surface area (Å²) in [6.45, 7) is 1.84. The predicted octanol–water partition coefficient (Wildman–Crippen LogP) is 2.95. The highest BCUT2D eigenvalue weighted by atomic mass is 19.4. The van der Waals surface area contributed by atoms with Crippen LogP contribution in [0.2, 0.25) is 0 Å². The number of hydrogen-bond donors (Lipinski definition) is 1. The van der Waals surface area contributed by atoms with E-state index < -0.39 is 12.1 Å². The van der Waals surface area contributed by atoms with E-state index in [1.165, 1.54) is 0 Å². The summed E-state index contributed by atoms with van der Waals surface area (Å²) in [5, 5.41) is 0. The van der Waals surface area contributed by atoms with Gasteiger partial charge in [0.25, 0.3) is 0 Å². The second-order valence-corrected chi connectivity index (χ2v) is 4.40. The van der Waals surface area contributed by atoms with Gasteiger partial charge in [-0.15, -0.1) is 0 Å². The van der Waals surface area contributed by atoms with Crippen LogP contribution in [-0.2, 0) is 0 Å². The number of nitrogens with two attached hydrogens (primary N) is 1. The number of rotatable bonds is 2. The molecule has 0 bridgehead atoms. The fourth-order valence-corrected chi connectivity index (χ4v) is 2.28. The lowest BCUT2D eigenvalue weighted by atomic mass is 9.76. The largest absolute Gasteiger partial charge is 0.393 e. The zero-order valence-electron chi connectivity index (χ0n) is 8.48. The highest BCUT2D eigenvalue weighted by Crippen LogP contribution is 2.40. The van der Waals surface area contributed by atoms with E-state index in [0.717, 1.165) is 12.8 Å². The molecule has 4 heteroatoms. The molecule has 1 aliphatic carbocycles. The van der Waals surface area contributed by atoms with Gasteiger partial charge >= 0.3 is 6.18 Å². The monoisotopic (exact) mass is 209 g/mol. The van der Waals surface area contributed by atoms with Crippen LogP contribution in [0.4, 0.5) is 13.2 Å². The minimum atomic E-state index is -4.11. The Morgan fingerprint density at radius 3 is 2.07 bits per heavy atom. The van der Waals surface area contributed by atoms with Gasteiger partial charge in [-0.05, 0) is 24.7 Å². The Bertz CT molecular complexity index is 171. The quantitative estimate of drug-likeness (QED) is 0.743. The van der Waals surface area contributed by atoms with Crippen LogP contribution < -0.4 is 5.73 Å². The van der Waals surface area contributed by atoms with E-state index in [2.05, 4.69) is 6.92 Å². The van der Waals surface area contributed by atoms with E-state index in [1.54, 1.807) is 0 Å². The van der Waals surface area contributed by atoms with Crippen molar-refractivity contribution in [1.29, 1.82) is 0 Å². The normalized spacial score (nSPS) is 31.5. The van der Waals surface area contributed by atoms with Gasteiger partial charge in [0, 0.05) is 6.54 Å². The lowest BCUT2D eigenvalue weighted by Crippen LogP contribution is -2.37. The lowest BCUT2D eigenvalue weighted by molar-refractivity contribution is -0.189. The van der Waals surface area contributed by atoms with Crippen molar-refractivity contribution in [3.8, 4) is 0 Å². The fraction of sp³-hybridized carbons (Fsp3) is 1.00. The second kappa shape index (κ2) is 4.51. The van der Waals surface area contributed by atoms with Gasteiger partial charge in [0.15, 0.2) is 0 Å². The summed E-state index contributed by atoms with van der Waals surface area (Å²) in [5.41, 5.74) is 5.20. The van der Waals surface area contributed by atoms with Crippen molar-refractivity contribution in [3.05, 3.63) is 0 Å². The predicted molar refractivity (Wildman–Crippen MR) is 49.7 cm³/mol. The van der Waals surface area contributed by atoms with Crippen molar-refractivity contribution in [2.75, 3.05) is 6.54 Å². The highest BCUT2D eigenvalue weighted by Gasteiger charge is 2.43. The van der Waals surface area contributed by atoms with Crippen molar-refractivity contribution in [1.82, 2.24) is 0 Å². The van der Waals surface area contributed by atoms with Crippen LogP contribution in [0.15, 0.2) is 0 Å². The number of hydrogen-bond acceptors (Lipinski definition) is 1. The summed E-state index contributed by atoms with van der Waals surface area (Å²) in [5.74, 6) is -0.941. The van der Waals surface area contributed by atoms with Crippen molar-refractivity contribution >= 4 is 0 Å². The molecule has 0 amide bonds. The van der Waals surface area contributed by atoms with Gasteiger partial charge in [-0.2, -0.15) is 13.2 Å². The summed E-state index contributed by atoms with van der Waals surface area (Å²) in [6.07, 6.45) is -0.917. The average molecular weight is 209 g/mol. The molecule has 0 aliphatic heterocycles. The van der Waals surface area contributed by atoms with E-state index in [4.69, 9.17) is 5.73 Å². The fourth-order valence-electron chi connectivity index (χ4n) is 2.28. The Hall–Kier alpha value is -0.250. The Morgan fingerprint density at radius 1 is 1.21 bits per heavy atom. The van der Waals surface area contributed by atoms with Crippen LogP contribution in [0.25, 0.3) is 0 Å². The molecule has 2 N–H and O–H groups in total. The molecule has 1 fully saturated rings. The summed E-state index contributed by atoms with van der Waals surface area (Å²) in [7, 11) is 0. The smallest absolute Gasteiger partial charge is 0.330 e. The van der Waals surface area contributed by atoms with Crippen LogP contribution in [0, 0.1) is 17.8 Å². The second-order valence-electron chi connectivity index (χ2n) is 4.40. The van der Waals surface area contributed by atoms with E-state index in [1.807, 2.05) is 0 Å². The van der Waals surface area contributed by atoms with Crippen molar-refractivity contribution in [2.24, 2.45) is 23.5 Å². The summed E-state index contributed by atoms with van der Waals surface area (Å²) < 4.78 is 37.6. The van der Waals surface area contributed by atoms with Gasteiger partial charge in [-0.3, -0.25) is 0 Å². The minimum absolute atomic E-state index is 0.240. The number of halogens is 3. The zero-order valence-corrected chi connectivity index (χ0v) is 8.48. The molecule has 0 aromatic heterocycles. The first-order valence-corrected chi connectivity index (χ1v) is 5.22. The maximum atomic E-state index is 12.5. The van der Waals surface area contributed by atoms with Crippen LogP contribution in [0.5, 0.6) is 0 Å². The minimum Gasteiger partial charge on any atom is -0.330 e. The molecule has 0 aromatic rings. The molecule has 0 heterocycles. The standard InChI is InChI=1S/C10H18F3N/c1-7-2-4-8(5-3-7)9(6-14)10(11,12)13/h7-9H,2-6,14H2,1H3. The first-order valence-electron chi connectivity index (χ1n) is 5.22. The Labute approximate surface area is 82.9 Å². The van der Waals surface area contributed by atoms with Gasteiger partial charge in [-0.25, -0.2) is 0 Å². The Kier molecular flexibility index (Phi) is 3.81. The van der Waals surface area contributed by atoms with E-state index >= 15 is 0 Å². The maximum absolute atomic E-state index is 12.5. The first kappa shape index (κ1) is 11.8. The van der Waals surface area contributed by atoms with Crippen molar-refractivity contribution in [2.45, 2.75) is 38.8 Å². The Morgan fingerprint density at radius 2 is 1.71 bits per heavy atom. The highest BCUT2D eigenvalue weighted by molar-refractivity contribution is 4.81. The third-order valence-corrected chi connectivity index (χ3v) is 3.30. The van der Waals surface area contributed by atoms with Gasteiger partial charge < -0.3 is 5.73 Å². The Balaban J connectivity index is 2.54. The molecule has 1 saturated carbocycles. The maximum Gasteiger partial charge on any atom is 0.393 e. The number of alkyl halides is 3. The molecule has 1 rings (SSSR count). The third kappa shape index (κ3) is 2.87. The molecule has 0 aromatic carbocycles. The third-order valence-electron chi connectivity index (χ3n) is 3.30. The molecule has 1 nitrogen and oxygen atoms in total. The lowest BCUT2D eigenvalue weighted by Gasteiger charge is -2.33.